The summed E-state index contributed by atoms with van der Waals surface area (Å²) < 4.78 is 11.7. The Hall–Kier alpha value is -1.09. The van der Waals surface area contributed by atoms with Crippen LogP contribution in [0.3, 0.4) is 0 Å². The van der Waals surface area contributed by atoms with E-state index in [4.69, 9.17) is 9.47 Å². The van der Waals surface area contributed by atoms with Crippen molar-refractivity contribution in [1.29, 1.82) is 0 Å². The third kappa shape index (κ3) is 2.68. The number of carbonyl (C=O) groups excluding carboxylic acids is 1. The number of allylic oxidation sites excluding steroid dienone is 3. The van der Waals surface area contributed by atoms with Crippen LogP contribution >= 0.6 is 0 Å². The van der Waals surface area contributed by atoms with E-state index in [2.05, 4.69) is 45.9 Å². The molecular weight excluding hydrogens is 348 g/mol. The molecule has 0 aromatic heterocycles. The molecule has 154 valence electrons. The molecule has 0 unspecified atom stereocenters. The highest BCUT2D eigenvalue weighted by molar-refractivity contribution is 5.77. The third-order valence-corrected chi connectivity index (χ3v) is 9.37. The molecule has 4 fully saturated rings. The van der Waals surface area contributed by atoms with Gasteiger partial charge in [0.15, 0.2) is 0 Å². The first kappa shape index (κ1) is 18.9. The highest BCUT2D eigenvalue weighted by atomic mass is 16.7. The van der Waals surface area contributed by atoms with Gasteiger partial charge < -0.3 is 9.47 Å². The van der Waals surface area contributed by atoms with Crippen molar-refractivity contribution in [1.82, 2.24) is 0 Å². The molecule has 0 radical (unpaired) electrons. The minimum absolute atomic E-state index is 0.0388. The van der Waals surface area contributed by atoms with Crippen molar-refractivity contribution >= 4 is 5.97 Å². The third-order valence-electron chi connectivity index (χ3n) is 9.37. The van der Waals surface area contributed by atoms with E-state index in [1.165, 1.54) is 37.7 Å². The molecule has 5 rings (SSSR count). The van der Waals surface area contributed by atoms with Gasteiger partial charge >= 0.3 is 5.97 Å². The summed E-state index contributed by atoms with van der Waals surface area (Å²) in [6.45, 7) is 10.4. The van der Waals surface area contributed by atoms with Crippen LogP contribution in [0.25, 0.3) is 0 Å². The smallest absolute Gasteiger partial charge is 0.312 e. The molecule has 4 aliphatic carbocycles. The normalized spacial score (nSPS) is 48.6. The molecule has 3 nitrogen and oxygen atoms in total. The van der Waals surface area contributed by atoms with Crippen LogP contribution < -0.4 is 0 Å². The topological polar surface area (TPSA) is 35.5 Å². The first-order valence-electron chi connectivity index (χ1n) is 11.5. The first-order chi connectivity index (χ1) is 13.3. The van der Waals surface area contributed by atoms with E-state index >= 15 is 0 Å². The maximum atomic E-state index is 12.3. The van der Waals surface area contributed by atoms with E-state index in [0.29, 0.717) is 35.2 Å². The molecule has 5 aliphatic rings. The van der Waals surface area contributed by atoms with Crippen molar-refractivity contribution in [2.24, 2.45) is 46.3 Å². The first-order valence-corrected chi connectivity index (χ1v) is 11.5. The summed E-state index contributed by atoms with van der Waals surface area (Å²) in [4.78, 5) is 12.3. The molecule has 0 N–H and O–H groups in total. The summed E-state index contributed by atoms with van der Waals surface area (Å²) >= 11 is 0. The highest BCUT2D eigenvalue weighted by Crippen LogP contribution is 2.63. The van der Waals surface area contributed by atoms with Gasteiger partial charge in [0.2, 0.25) is 6.29 Å². The molecule has 1 aliphatic heterocycles. The van der Waals surface area contributed by atoms with Gasteiger partial charge in [0, 0.05) is 5.92 Å². The summed E-state index contributed by atoms with van der Waals surface area (Å²) in [7, 11) is 0. The Bertz CT molecular complexity index is 719. The number of hydrogen-bond donors (Lipinski definition) is 0. The zero-order valence-corrected chi connectivity index (χ0v) is 17.9. The standard InChI is InChI=1S/C25H36O3/c1-15(18-8-9-19-24(2,3)11-5-12-25(18,19)4)10-13-27-23-21-17-7-6-16(14-17)20(21)22(26)28-23/h6-7,10,16-21,23H,5,8-9,11-14H2,1-4H3/b15-10+/t16-,17+,18+,19-,20-,21+,23+,25+/m0/s1. The van der Waals surface area contributed by atoms with E-state index < -0.39 is 0 Å². The van der Waals surface area contributed by atoms with Crippen LogP contribution in [-0.2, 0) is 14.3 Å². The number of rotatable bonds is 4. The molecule has 8 atom stereocenters. The van der Waals surface area contributed by atoms with Gasteiger partial charge in [-0.15, -0.1) is 0 Å². The number of fused-ring (bicyclic) bond motifs is 6. The van der Waals surface area contributed by atoms with Crippen LogP contribution in [-0.4, -0.2) is 18.9 Å². The summed E-state index contributed by atoms with van der Waals surface area (Å²) in [6.07, 6.45) is 14.3. The van der Waals surface area contributed by atoms with E-state index in [-0.39, 0.29) is 24.1 Å². The van der Waals surface area contributed by atoms with Crippen molar-refractivity contribution in [3.63, 3.8) is 0 Å². The molecule has 1 heterocycles. The molecule has 1 saturated heterocycles. The van der Waals surface area contributed by atoms with Gasteiger partial charge in [-0.1, -0.05) is 51.0 Å². The fraction of sp³-hybridized carbons (Fsp3) is 0.800. The minimum atomic E-state index is -0.345. The average molecular weight is 385 g/mol. The quantitative estimate of drug-likeness (QED) is 0.473. The van der Waals surface area contributed by atoms with Crippen molar-refractivity contribution in [2.45, 2.75) is 72.5 Å². The van der Waals surface area contributed by atoms with Gasteiger partial charge in [-0.3, -0.25) is 4.79 Å². The second-order valence-corrected chi connectivity index (χ2v) is 11.2. The molecule has 2 bridgehead atoms. The van der Waals surface area contributed by atoms with E-state index in [1.54, 1.807) is 0 Å². The van der Waals surface area contributed by atoms with Gasteiger partial charge in [0.05, 0.1) is 12.5 Å². The lowest BCUT2D eigenvalue weighted by atomic mass is 9.55. The maximum Gasteiger partial charge on any atom is 0.312 e. The lowest BCUT2D eigenvalue weighted by Crippen LogP contribution is -2.41. The van der Waals surface area contributed by atoms with E-state index in [0.717, 1.165) is 12.3 Å². The Morgan fingerprint density at radius 1 is 1.21 bits per heavy atom. The molecule has 3 saturated carbocycles. The lowest BCUT2D eigenvalue weighted by molar-refractivity contribution is -0.167. The summed E-state index contributed by atoms with van der Waals surface area (Å²) in [5.41, 5.74) is 2.39. The molecule has 0 aromatic carbocycles. The van der Waals surface area contributed by atoms with Gasteiger partial charge in [-0.25, -0.2) is 0 Å². The predicted octanol–water partition coefficient (Wildman–Crippen LogP) is 5.51. The van der Waals surface area contributed by atoms with Crippen LogP contribution in [0.4, 0.5) is 0 Å². The number of cyclic esters (lactones) is 1. The SMILES string of the molecule is C/C(=C\CO[C@@H]1OC(=O)[C@@H]2[C@H]1[C@@H]1C=C[C@H]2C1)[C@H]1CC[C@H]2C(C)(C)CCC[C@]12C. The van der Waals surface area contributed by atoms with E-state index in [9.17, 15) is 4.79 Å². The number of hydrogen-bond acceptors (Lipinski definition) is 3. The average Bonchev–Trinajstić information content (AvgIpc) is 3.36. The molecule has 0 amide bonds. The Morgan fingerprint density at radius 2 is 2.00 bits per heavy atom. The number of esters is 1. The van der Waals surface area contributed by atoms with Gasteiger partial charge in [0.25, 0.3) is 0 Å². The number of carbonyl (C=O) groups is 1. The predicted molar refractivity (Wildman–Crippen MR) is 109 cm³/mol. The molecule has 0 aromatic rings. The monoisotopic (exact) mass is 384 g/mol. The van der Waals surface area contributed by atoms with Crippen molar-refractivity contribution in [3.05, 3.63) is 23.8 Å². The van der Waals surface area contributed by atoms with Gasteiger partial charge in [-0.2, -0.15) is 0 Å². The lowest BCUT2D eigenvalue weighted by Gasteiger charge is -2.50. The van der Waals surface area contributed by atoms with Crippen molar-refractivity contribution < 1.29 is 14.3 Å². The number of ether oxygens (including phenoxy) is 2. The van der Waals surface area contributed by atoms with Crippen LogP contribution in [0.1, 0.15) is 66.2 Å². The Balaban J connectivity index is 1.24. The zero-order valence-electron chi connectivity index (χ0n) is 17.9. The fourth-order valence-corrected chi connectivity index (χ4v) is 8.11. The fourth-order valence-electron chi connectivity index (χ4n) is 8.11. The van der Waals surface area contributed by atoms with Gasteiger partial charge in [-0.05, 0) is 73.5 Å². The highest BCUT2D eigenvalue weighted by Gasteiger charge is 2.58. The summed E-state index contributed by atoms with van der Waals surface area (Å²) in [5, 5.41) is 0. The van der Waals surface area contributed by atoms with Crippen LogP contribution in [0.5, 0.6) is 0 Å². The molecule has 3 heteroatoms. The molecule has 0 spiro atoms. The molecule has 28 heavy (non-hydrogen) atoms. The Morgan fingerprint density at radius 3 is 2.82 bits per heavy atom. The van der Waals surface area contributed by atoms with Crippen LogP contribution in [0.15, 0.2) is 23.8 Å². The Labute approximate surface area is 169 Å². The summed E-state index contributed by atoms with van der Waals surface area (Å²) in [6, 6.07) is 0. The Kier molecular flexibility index (Phi) is 4.36. The summed E-state index contributed by atoms with van der Waals surface area (Å²) in [5.74, 6) is 2.61. The minimum Gasteiger partial charge on any atom is -0.435 e. The maximum absolute atomic E-state index is 12.3. The van der Waals surface area contributed by atoms with Gasteiger partial charge in [0.1, 0.15) is 0 Å². The second-order valence-electron chi connectivity index (χ2n) is 11.2. The van der Waals surface area contributed by atoms with E-state index in [1.807, 2.05) is 0 Å². The van der Waals surface area contributed by atoms with Crippen molar-refractivity contribution in [3.8, 4) is 0 Å². The molecular formula is C25H36O3. The van der Waals surface area contributed by atoms with Crippen molar-refractivity contribution in [2.75, 3.05) is 6.61 Å². The second kappa shape index (κ2) is 6.45. The largest absolute Gasteiger partial charge is 0.435 e. The zero-order chi connectivity index (χ0) is 19.7. The van der Waals surface area contributed by atoms with Crippen LogP contribution in [0.2, 0.25) is 0 Å². The van der Waals surface area contributed by atoms with Crippen LogP contribution in [0, 0.1) is 46.3 Å².